The molecule has 0 spiro atoms. The Balaban J connectivity index is 1.90. The Bertz CT molecular complexity index is 346. The molecule has 2 unspecified atom stereocenters. The Labute approximate surface area is 96.7 Å². The average molecular weight is 247 g/mol. The molecule has 0 saturated heterocycles. The van der Waals surface area contributed by atoms with Crippen LogP contribution in [0.15, 0.2) is 0 Å². The van der Waals surface area contributed by atoms with Crippen LogP contribution in [0.25, 0.3) is 0 Å². The largest absolute Gasteiger partial charge is 0.357 e. The van der Waals surface area contributed by atoms with Crippen LogP contribution in [-0.4, -0.2) is 27.7 Å². The summed E-state index contributed by atoms with van der Waals surface area (Å²) < 4.78 is 0.743. The molecular weight excluding hydrogens is 234 g/mol. The summed E-state index contributed by atoms with van der Waals surface area (Å²) in [6.45, 7) is 0. The van der Waals surface area contributed by atoms with Crippen LogP contribution in [0.1, 0.15) is 19.3 Å². The highest BCUT2D eigenvalue weighted by molar-refractivity contribution is 7.99. The Kier molecular flexibility index (Phi) is 3.46. The minimum atomic E-state index is 0.585. The first kappa shape index (κ1) is 10.4. The van der Waals surface area contributed by atoms with Gasteiger partial charge in [-0.25, -0.2) is 0 Å². The second-order valence-corrected chi connectivity index (χ2v) is 6.23. The molecule has 6 heteroatoms. The number of thioether (sulfide) groups is 1. The Hall–Kier alpha value is -0.0700. The number of hydrogen-bond acceptors (Lipinski definition) is 5. The molecule has 14 heavy (non-hydrogen) atoms. The molecule has 0 aliphatic heterocycles. The van der Waals surface area contributed by atoms with Crippen LogP contribution in [0.2, 0.25) is 0 Å². The lowest BCUT2D eigenvalue weighted by atomic mass is 10.3. The van der Waals surface area contributed by atoms with Crippen molar-refractivity contribution in [2.24, 2.45) is 0 Å². The normalized spacial score (nSPS) is 26.6. The van der Waals surface area contributed by atoms with E-state index in [1.165, 1.54) is 30.6 Å². The van der Waals surface area contributed by atoms with Gasteiger partial charge in [0.25, 0.3) is 0 Å². The first-order valence-electron chi connectivity index (χ1n) is 4.63. The molecule has 1 fully saturated rings. The third-order valence-corrected chi connectivity index (χ3v) is 4.60. The Morgan fingerprint density at radius 3 is 3.07 bits per heavy atom. The second kappa shape index (κ2) is 4.63. The summed E-state index contributed by atoms with van der Waals surface area (Å²) in [6, 6.07) is 0.585. The lowest BCUT2D eigenvalue weighted by molar-refractivity contribution is 0.753. The number of aromatic nitrogens is 2. The third kappa shape index (κ3) is 2.49. The van der Waals surface area contributed by atoms with Gasteiger partial charge in [0.1, 0.15) is 0 Å². The van der Waals surface area contributed by atoms with E-state index < -0.39 is 0 Å². The number of anilines is 1. The van der Waals surface area contributed by atoms with E-state index in [4.69, 9.17) is 12.2 Å². The summed E-state index contributed by atoms with van der Waals surface area (Å²) in [4.78, 5) is 0. The van der Waals surface area contributed by atoms with Gasteiger partial charge in [0, 0.05) is 11.3 Å². The molecule has 1 aliphatic rings. The summed E-state index contributed by atoms with van der Waals surface area (Å²) in [7, 11) is 0. The molecule has 1 heterocycles. The van der Waals surface area contributed by atoms with Crippen LogP contribution in [0.5, 0.6) is 0 Å². The van der Waals surface area contributed by atoms with E-state index in [0.717, 1.165) is 14.3 Å². The van der Waals surface area contributed by atoms with Crippen LogP contribution in [0.3, 0.4) is 0 Å². The number of rotatable bonds is 3. The average Bonchev–Trinajstić information content (AvgIpc) is 2.76. The smallest absolute Gasteiger partial charge is 0.204 e. The summed E-state index contributed by atoms with van der Waals surface area (Å²) in [5, 5.41) is 12.1. The molecule has 0 aromatic carbocycles. The molecule has 1 saturated carbocycles. The van der Waals surface area contributed by atoms with Crippen LogP contribution < -0.4 is 5.32 Å². The number of nitrogens with zero attached hydrogens (tertiary/aromatic N) is 1. The Morgan fingerprint density at radius 2 is 2.50 bits per heavy atom. The topological polar surface area (TPSA) is 40.7 Å². The number of hydrogen-bond donors (Lipinski definition) is 2. The van der Waals surface area contributed by atoms with Crippen molar-refractivity contribution in [1.82, 2.24) is 10.2 Å². The second-order valence-electron chi connectivity index (χ2n) is 3.43. The maximum atomic E-state index is 4.98. The molecule has 2 N–H and O–H groups in total. The molecule has 1 aromatic heterocycles. The van der Waals surface area contributed by atoms with Crippen molar-refractivity contribution >= 4 is 40.4 Å². The highest BCUT2D eigenvalue weighted by Gasteiger charge is 2.24. The molecule has 1 aliphatic carbocycles. The van der Waals surface area contributed by atoms with Gasteiger partial charge in [-0.3, -0.25) is 5.10 Å². The van der Waals surface area contributed by atoms with Gasteiger partial charge in [-0.2, -0.15) is 11.8 Å². The van der Waals surface area contributed by atoms with Crippen LogP contribution >= 0.6 is 35.3 Å². The van der Waals surface area contributed by atoms with Crippen molar-refractivity contribution < 1.29 is 0 Å². The lowest BCUT2D eigenvalue weighted by Crippen LogP contribution is -2.15. The number of H-pyrrole nitrogens is 1. The highest BCUT2D eigenvalue weighted by Crippen LogP contribution is 2.30. The third-order valence-electron chi connectivity index (χ3n) is 2.48. The first-order chi connectivity index (χ1) is 6.78. The fourth-order valence-electron chi connectivity index (χ4n) is 1.75. The van der Waals surface area contributed by atoms with E-state index in [1.54, 1.807) is 0 Å². The zero-order valence-corrected chi connectivity index (χ0v) is 10.4. The molecule has 0 amide bonds. The van der Waals surface area contributed by atoms with Gasteiger partial charge in [-0.15, -0.1) is 5.10 Å². The van der Waals surface area contributed by atoms with Crippen molar-refractivity contribution in [3.8, 4) is 0 Å². The molecule has 3 nitrogen and oxygen atoms in total. The summed E-state index contributed by atoms with van der Waals surface area (Å²) in [5.41, 5.74) is 0. The van der Waals surface area contributed by atoms with Gasteiger partial charge < -0.3 is 5.32 Å². The van der Waals surface area contributed by atoms with Gasteiger partial charge in [0.05, 0.1) is 0 Å². The van der Waals surface area contributed by atoms with Gasteiger partial charge in [-0.1, -0.05) is 11.3 Å². The van der Waals surface area contributed by atoms with Crippen molar-refractivity contribution in [2.45, 2.75) is 30.6 Å². The number of aromatic amines is 1. The van der Waals surface area contributed by atoms with E-state index >= 15 is 0 Å². The van der Waals surface area contributed by atoms with Gasteiger partial charge >= 0.3 is 0 Å². The van der Waals surface area contributed by atoms with Crippen LogP contribution in [0.4, 0.5) is 5.13 Å². The lowest BCUT2D eigenvalue weighted by Gasteiger charge is -2.10. The van der Waals surface area contributed by atoms with E-state index in [2.05, 4.69) is 21.8 Å². The van der Waals surface area contributed by atoms with Crippen molar-refractivity contribution in [1.29, 1.82) is 0 Å². The monoisotopic (exact) mass is 247 g/mol. The maximum Gasteiger partial charge on any atom is 0.204 e. The predicted octanol–water partition coefficient (Wildman–Crippen LogP) is 2.90. The quantitative estimate of drug-likeness (QED) is 0.806. The van der Waals surface area contributed by atoms with E-state index in [9.17, 15) is 0 Å². The molecule has 78 valence electrons. The highest BCUT2D eigenvalue weighted by atomic mass is 32.2. The minimum absolute atomic E-state index is 0.585. The fraction of sp³-hybridized carbons (Fsp3) is 0.750. The van der Waals surface area contributed by atoms with E-state index in [1.807, 2.05) is 11.8 Å². The molecule has 0 radical (unpaired) electrons. The van der Waals surface area contributed by atoms with Gasteiger partial charge in [-0.05, 0) is 37.7 Å². The molecule has 2 rings (SSSR count). The van der Waals surface area contributed by atoms with Gasteiger partial charge in [0.15, 0.2) is 3.95 Å². The first-order valence-corrected chi connectivity index (χ1v) is 7.14. The SMILES string of the molecule is CSC1CCC(Nc2n[nH]c(=S)s2)C1. The Morgan fingerprint density at radius 1 is 1.64 bits per heavy atom. The van der Waals surface area contributed by atoms with Crippen molar-refractivity contribution in [3.05, 3.63) is 3.95 Å². The van der Waals surface area contributed by atoms with Crippen LogP contribution in [0, 0.1) is 3.95 Å². The zero-order chi connectivity index (χ0) is 9.97. The molecular formula is C8H13N3S3. The number of nitrogens with one attached hydrogen (secondary N) is 2. The van der Waals surface area contributed by atoms with Crippen molar-refractivity contribution in [3.63, 3.8) is 0 Å². The standard InChI is InChI=1S/C8H13N3S3/c1-13-6-3-2-5(4-6)9-7-10-11-8(12)14-7/h5-6H,2-4H2,1H3,(H,9,10)(H,11,12). The molecule has 1 aromatic rings. The zero-order valence-electron chi connectivity index (χ0n) is 7.95. The predicted molar refractivity (Wildman–Crippen MR) is 65.9 cm³/mol. The molecule has 2 atom stereocenters. The summed E-state index contributed by atoms with van der Waals surface area (Å²) in [5.74, 6) is 0. The molecule has 0 bridgehead atoms. The van der Waals surface area contributed by atoms with Gasteiger partial charge in [0.2, 0.25) is 5.13 Å². The summed E-state index contributed by atoms with van der Waals surface area (Å²) in [6.07, 6.45) is 5.99. The van der Waals surface area contributed by atoms with Crippen LogP contribution in [-0.2, 0) is 0 Å². The van der Waals surface area contributed by atoms with E-state index in [0.29, 0.717) is 6.04 Å². The van der Waals surface area contributed by atoms with Crippen molar-refractivity contribution in [2.75, 3.05) is 11.6 Å². The fourth-order valence-corrected chi connectivity index (χ4v) is 3.41. The minimum Gasteiger partial charge on any atom is -0.357 e. The summed E-state index contributed by atoms with van der Waals surface area (Å²) >= 11 is 8.46. The maximum absolute atomic E-state index is 4.98. The van der Waals surface area contributed by atoms with E-state index in [-0.39, 0.29) is 0 Å².